The summed E-state index contributed by atoms with van der Waals surface area (Å²) in [6, 6.07) is 21.2. The van der Waals surface area contributed by atoms with Gasteiger partial charge in [0, 0.05) is 11.3 Å². The Kier molecular flexibility index (Phi) is 10.5. The molecule has 8 nitrogen and oxygen atoms in total. The van der Waals surface area contributed by atoms with Gasteiger partial charge in [-0.1, -0.05) is 72.8 Å². The fraction of sp³-hybridized carbons (Fsp3) is 0.382. The first-order valence-corrected chi connectivity index (χ1v) is 15.4. The Bertz CT molecular complexity index is 1420. The van der Waals surface area contributed by atoms with E-state index in [9.17, 15) is 19.5 Å². The topological polar surface area (TPSA) is 108 Å². The number of carbonyl (C=O) groups is 3. The third-order valence-corrected chi connectivity index (χ3v) is 9.20. The Morgan fingerprint density at radius 2 is 1.58 bits per heavy atom. The van der Waals surface area contributed by atoms with Crippen LogP contribution in [-0.2, 0) is 27.3 Å². The van der Waals surface area contributed by atoms with Crippen molar-refractivity contribution in [2.24, 2.45) is 0 Å². The number of rotatable bonds is 11. The van der Waals surface area contributed by atoms with E-state index in [0.29, 0.717) is 12.3 Å². The molecular formula is C34H41N3O5S. The highest BCUT2D eigenvalue weighted by atomic mass is 32.2. The van der Waals surface area contributed by atoms with Crippen molar-refractivity contribution < 1.29 is 24.2 Å². The standard InChI is InChI=1S/C34H41N3O5S/c1-22-12-9-10-17-26(22)19-35-32(40)31-34(4,5)43-21-37(31)33(41)29(39)27(18-25-15-7-6-8-16-25)36-28(38)20-42-30-23(2)13-11-14-24(30)3/h6-17,27,29,31,39H,18-21H2,1-5H3,(H,35,40)(H,36,38)/t27-,29-,31+/m0/s1. The summed E-state index contributed by atoms with van der Waals surface area (Å²) in [5.41, 5.74) is 4.71. The first-order valence-electron chi connectivity index (χ1n) is 14.4. The Morgan fingerprint density at radius 1 is 0.953 bits per heavy atom. The smallest absolute Gasteiger partial charge is 0.258 e. The molecule has 1 aliphatic rings. The van der Waals surface area contributed by atoms with Crippen molar-refractivity contribution in [2.75, 3.05) is 12.5 Å². The average molecular weight is 604 g/mol. The molecule has 1 fully saturated rings. The number of aryl methyl sites for hydroxylation is 3. The lowest BCUT2D eigenvalue weighted by Crippen LogP contribution is -2.59. The van der Waals surface area contributed by atoms with Gasteiger partial charge in [0.1, 0.15) is 11.8 Å². The molecule has 1 heterocycles. The minimum atomic E-state index is -1.58. The maximum absolute atomic E-state index is 13.9. The third kappa shape index (κ3) is 7.97. The summed E-state index contributed by atoms with van der Waals surface area (Å²) >= 11 is 1.48. The zero-order valence-electron chi connectivity index (χ0n) is 25.4. The molecule has 228 valence electrons. The van der Waals surface area contributed by atoms with Crippen molar-refractivity contribution in [1.29, 1.82) is 0 Å². The van der Waals surface area contributed by atoms with E-state index in [2.05, 4.69) is 10.6 Å². The lowest BCUT2D eigenvalue weighted by atomic mass is 9.97. The van der Waals surface area contributed by atoms with Crippen molar-refractivity contribution in [3.05, 3.63) is 101 Å². The summed E-state index contributed by atoms with van der Waals surface area (Å²) in [5, 5.41) is 17.3. The number of nitrogens with one attached hydrogen (secondary N) is 2. The van der Waals surface area contributed by atoms with Crippen LogP contribution in [0.15, 0.2) is 72.8 Å². The molecule has 0 aliphatic carbocycles. The van der Waals surface area contributed by atoms with Crippen LogP contribution in [0.25, 0.3) is 0 Å². The second-order valence-corrected chi connectivity index (χ2v) is 13.1. The number of aliphatic hydroxyl groups is 1. The minimum Gasteiger partial charge on any atom is -0.483 e. The number of thioether (sulfide) groups is 1. The molecule has 0 radical (unpaired) electrons. The van der Waals surface area contributed by atoms with Gasteiger partial charge in [0.25, 0.3) is 11.8 Å². The SMILES string of the molecule is Cc1ccccc1CNC(=O)[C@H]1N(C(=O)[C@@H](O)[C@H](Cc2ccccc2)NC(=O)COc2c(C)cccc2C)CSC1(C)C. The van der Waals surface area contributed by atoms with Gasteiger partial charge < -0.3 is 25.4 Å². The van der Waals surface area contributed by atoms with Gasteiger partial charge in [0.2, 0.25) is 5.91 Å². The molecule has 3 atom stereocenters. The van der Waals surface area contributed by atoms with Gasteiger partial charge in [0.05, 0.1) is 11.9 Å². The van der Waals surface area contributed by atoms with Crippen molar-refractivity contribution in [3.8, 4) is 5.75 Å². The second kappa shape index (κ2) is 14.1. The predicted octanol–water partition coefficient (Wildman–Crippen LogP) is 4.08. The predicted molar refractivity (Wildman–Crippen MR) is 170 cm³/mol. The number of carbonyl (C=O) groups excluding carboxylic acids is 3. The third-order valence-electron chi connectivity index (χ3n) is 7.83. The molecule has 4 rings (SSSR count). The Hall–Kier alpha value is -3.82. The summed E-state index contributed by atoms with van der Waals surface area (Å²) < 4.78 is 5.24. The Morgan fingerprint density at radius 3 is 2.26 bits per heavy atom. The maximum Gasteiger partial charge on any atom is 0.258 e. The van der Waals surface area contributed by atoms with Crippen molar-refractivity contribution >= 4 is 29.5 Å². The maximum atomic E-state index is 13.9. The molecule has 43 heavy (non-hydrogen) atoms. The van der Waals surface area contributed by atoms with Gasteiger partial charge in [-0.25, -0.2) is 0 Å². The molecule has 0 unspecified atom stereocenters. The molecule has 1 saturated heterocycles. The highest BCUT2D eigenvalue weighted by Crippen LogP contribution is 2.40. The summed E-state index contributed by atoms with van der Waals surface area (Å²) in [5.74, 6) is -0.480. The second-order valence-electron chi connectivity index (χ2n) is 11.5. The van der Waals surface area contributed by atoms with Gasteiger partial charge in [-0.05, 0) is 68.9 Å². The van der Waals surface area contributed by atoms with Gasteiger partial charge in [0.15, 0.2) is 12.7 Å². The van der Waals surface area contributed by atoms with Crippen molar-refractivity contribution in [2.45, 2.75) is 70.5 Å². The molecule has 3 aromatic rings. The molecule has 3 aromatic carbocycles. The first-order chi connectivity index (χ1) is 20.5. The molecule has 1 aliphatic heterocycles. The van der Waals surface area contributed by atoms with E-state index in [4.69, 9.17) is 4.74 Å². The van der Waals surface area contributed by atoms with Gasteiger partial charge in [-0.3, -0.25) is 14.4 Å². The van der Waals surface area contributed by atoms with E-state index in [-0.39, 0.29) is 24.8 Å². The van der Waals surface area contributed by atoms with E-state index < -0.39 is 34.7 Å². The number of aliphatic hydroxyl groups excluding tert-OH is 1. The summed E-state index contributed by atoms with van der Waals surface area (Å²) in [4.78, 5) is 41.9. The Labute approximate surface area is 258 Å². The number of nitrogens with zero attached hydrogens (tertiary/aromatic N) is 1. The van der Waals surface area contributed by atoms with Gasteiger partial charge >= 0.3 is 0 Å². The lowest BCUT2D eigenvalue weighted by Gasteiger charge is -2.33. The fourth-order valence-electron chi connectivity index (χ4n) is 5.36. The number of amides is 3. The number of benzene rings is 3. The van der Waals surface area contributed by atoms with E-state index >= 15 is 0 Å². The highest BCUT2D eigenvalue weighted by molar-refractivity contribution is 8.00. The van der Waals surface area contributed by atoms with Gasteiger partial charge in [-0.15, -0.1) is 11.8 Å². The summed E-state index contributed by atoms with van der Waals surface area (Å²) in [6.07, 6.45) is -1.36. The largest absolute Gasteiger partial charge is 0.483 e. The van der Waals surface area contributed by atoms with Crippen LogP contribution in [0.3, 0.4) is 0 Å². The molecule has 0 spiro atoms. The van der Waals surface area contributed by atoms with E-state index in [1.54, 1.807) is 0 Å². The monoisotopic (exact) mass is 603 g/mol. The number of ether oxygens (including phenoxy) is 1. The molecule has 0 saturated carbocycles. The average Bonchev–Trinajstić information content (AvgIpc) is 3.30. The molecule has 0 bridgehead atoms. The van der Waals surface area contributed by atoms with Crippen molar-refractivity contribution in [1.82, 2.24) is 15.5 Å². The van der Waals surface area contributed by atoms with E-state index in [1.807, 2.05) is 107 Å². The Balaban J connectivity index is 1.49. The lowest BCUT2D eigenvalue weighted by molar-refractivity contribution is -0.148. The van der Waals surface area contributed by atoms with Gasteiger partial charge in [-0.2, -0.15) is 0 Å². The summed E-state index contributed by atoms with van der Waals surface area (Å²) in [6.45, 7) is 9.70. The van der Waals surface area contributed by atoms with Crippen LogP contribution < -0.4 is 15.4 Å². The van der Waals surface area contributed by atoms with Crippen LogP contribution in [0.1, 0.15) is 41.7 Å². The molecule has 3 N–H and O–H groups in total. The number of para-hydroxylation sites is 1. The molecular weight excluding hydrogens is 562 g/mol. The first kappa shape index (κ1) is 32.1. The molecule has 0 aromatic heterocycles. The fourth-order valence-corrected chi connectivity index (χ4v) is 6.51. The van der Waals surface area contributed by atoms with Crippen LogP contribution >= 0.6 is 11.8 Å². The summed E-state index contributed by atoms with van der Waals surface area (Å²) in [7, 11) is 0. The van der Waals surface area contributed by atoms with Crippen LogP contribution in [0.2, 0.25) is 0 Å². The van der Waals surface area contributed by atoms with E-state index in [0.717, 1.165) is 27.8 Å². The van der Waals surface area contributed by atoms with Crippen LogP contribution in [0, 0.1) is 20.8 Å². The van der Waals surface area contributed by atoms with Crippen LogP contribution in [0.5, 0.6) is 5.75 Å². The minimum absolute atomic E-state index is 0.220. The molecule has 3 amide bonds. The quantitative estimate of drug-likeness (QED) is 0.305. The zero-order valence-corrected chi connectivity index (χ0v) is 26.2. The molecule has 9 heteroatoms. The van der Waals surface area contributed by atoms with Crippen LogP contribution in [-0.4, -0.2) is 63.1 Å². The van der Waals surface area contributed by atoms with Crippen molar-refractivity contribution in [3.63, 3.8) is 0 Å². The van der Waals surface area contributed by atoms with Crippen LogP contribution in [0.4, 0.5) is 0 Å². The number of hydrogen-bond acceptors (Lipinski definition) is 6. The number of hydrogen-bond donors (Lipinski definition) is 3. The normalized spacial score (nSPS) is 17.2. The van der Waals surface area contributed by atoms with E-state index in [1.165, 1.54) is 16.7 Å². The zero-order chi connectivity index (χ0) is 31.1. The highest BCUT2D eigenvalue weighted by Gasteiger charge is 2.49.